The summed E-state index contributed by atoms with van der Waals surface area (Å²) in [4.78, 5) is 25.2. The van der Waals surface area contributed by atoms with Crippen LogP contribution < -0.4 is 0 Å². The highest BCUT2D eigenvalue weighted by atomic mass is 32.1. The van der Waals surface area contributed by atoms with Gasteiger partial charge in [-0.05, 0) is 18.8 Å². The predicted octanol–water partition coefficient (Wildman–Crippen LogP) is 1.25. The van der Waals surface area contributed by atoms with E-state index in [0.29, 0.717) is 12.0 Å². The average Bonchev–Trinajstić information content (AvgIpc) is 3.27. The summed E-state index contributed by atoms with van der Waals surface area (Å²) in [5, 5.41) is 7.41. The minimum atomic E-state index is 0.181. The summed E-state index contributed by atoms with van der Waals surface area (Å²) in [6.45, 7) is 5.43. The van der Waals surface area contributed by atoms with Crippen LogP contribution in [0.25, 0.3) is 0 Å². The van der Waals surface area contributed by atoms with Gasteiger partial charge in [-0.15, -0.1) is 11.3 Å². The summed E-state index contributed by atoms with van der Waals surface area (Å²) in [5.74, 6) is 0.720. The van der Waals surface area contributed by atoms with E-state index in [9.17, 15) is 4.79 Å². The maximum absolute atomic E-state index is 12.2. The maximum atomic E-state index is 12.2. The molecular formula is C16H22N6OS. The molecule has 0 aromatic carbocycles. The van der Waals surface area contributed by atoms with Gasteiger partial charge in [0.2, 0.25) is 5.91 Å². The van der Waals surface area contributed by atoms with E-state index in [1.54, 1.807) is 30.9 Å². The van der Waals surface area contributed by atoms with Crippen molar-refractivity contribution in [2.24, 2.45) is 5.92 Å². The fourth-order valence-electron chi connectivity index (χ4n) is 4.29. The minimum absolute atomic E-state index is 0.181. The molecule has 2 fully saturated rings. The number of nitrogens with zero attached hydrogens (tertiary/aromatic N) is 6. The number of hydrogen-bond acceptors (Lipinski definition) is 6. The Bertz CT molecular complexity index is 673. The topological polar surface area (TPSA) is 67.2 Å². The Balaban J connectivity index is 1.45. The highest BCUT2D eigenvalue weighted by molar-refractivity contribution is 7.09. The van der Waals surface area contributed by atoms with Crippen molar-refractivity contribution >= 4 is 17.2 Å². The second-order valence-corrected chi connectivity index (χ2v) is 7.69. The molecule has 0 N–H and O–H groups in total. The summed E-state index contributed by atoms with van der Waals surface area (Å²) in [6, 6.07) is 0.586. The van der Waals surface area contributed by atoms with Crippen LogP contribution in [0.5, 0.6) is 0 Å². The Labute approximate surface area is 145 Å². The van der Waals surface area contributed by atoms with Gasteiger partial charge in [0.05, 0.1) is 19.1 Å². The molecule has 2 saturated heterocycles. The van der Waals surface area contributed by atoms with Crippen LogP contribution in [0.2, 0.25) is 0 Å². The number of carbonyl (C=O) groups is 1. The molecule has 4 heterocycles. The van der Waals surface area contributed by atoms with E-state index in [1.807, 2.05) is 16.3 Å². The molecule has 0 spiro atoms. The smallest absolute Gasteiger partial charge is 0.220 e. The zero-order valence-electron chi connectivity index (χ0n) is 13.8. The number of piperidine rings is 1. The Morgan fingerprint density at radius 2 is 2.38 bits per heavy atom. The molecule has 7 nitrogen and oxygen atoms in total. The predicted molar refractivity (Wildman–Crippen MR) is 90.2 cm³/mol. The Kier molecular flexibility index (Phi) is 4.32. The number of carbonyl (C=O) groups excluding carboxylic acids is 1. The van der Waals surface area contributed by atoms with E-state index in [2.05, 4.69) is 24.9 Å². The van der Waals surface area contributed by atoms with Crippen molar-refractivity contribution in [2.45, 2.75) is 44.9 Å². The van der Waals surface area contributed by atoms with Gasteiger partial charge >= 0.3 is 0 Å². The average molecular weight is 346 g/mol. The molecule has 2 aromatic rings. The standard InChI is InChI=1S/C16H22N6OS/c1-12(23)22-14(8-21-11-17-10-19-21)6-13-7-20(4-2-15(13)22)9-16-18-3-5-24-16/h3,5,10-11,13-15H,2,4,6-9H2,1H3/t13-,14+,15+/m1/s1. The zero-order valence-corrected chi connectivity index (χ0v) is 14.6. The SMILES string of the molecule is CC(=O)N1[C@H](Cn2cncn2)C[C@@H]2CN(Cc3nccs3)CC[C@@H]21. The van der Waals surface area contributed by atoms with Crippen molar-refractivity contribution in [1.29, 1.82) is 0 Å². The summed E-state index contributed by atoms with van der Waals surface area (Å²) >= 11 is 1.71. The summed E-state index contributed by atoms with van der Waals surface area (Å²) in [5.41, 5.74) is 0. The van der Waals surface area contributed by atoms with E-state index < -0.39 is 0 Å². The van der Waals surface area contributed by atoms with Crippen molar-refractivity contribution in [2.75, 3.05) is 13.1 Å². The van der Waals surface area contributed by atoms with Gasteiger partial charge in [0, 0.05) is 37.6 Å². The van der Waals surface area contributed by atoms with Crippen molar-refractivity contribution in [3.63, 3.8) is 0 Å². The summed E-state index contributed by atoms with van der Waals surface area (Å²) in [6.07, 6.45) is 7.24. The first kappa shape index (κ1) is 15.7. The lowest BCUT2D eigenvalue weighted by molar-refractivity contribution is -0.133. The van der Waals surface area contributed by atoms with Crippen LogP contribution in [0.1, 0.15) is 24.8 Å². The molecule has 2 aromatic heterocycles. The Morgan fingerprint density at radius 3 is 3.08 bits per heavy atom. The second-order valence-electron chi connectivity index (χ2n) is 6.71. The lowest BCUT2D eigenvalue weighted by Gasteiger charge is -2.38. The minimum Gasteiger partial charge on any atom is -0.335 e. The molecule has 0 bridgehead atoms. The fourth-order valence-corrected chi connectivity index (χ4v) is 4.95. The molecule has 2 aliphatic rings. The van der Waals surface area contributed by atoms with Crippen molar-refractivity contribution in [3.05, 3.63) is 29.2 Å². The second kappa shape index (κ2) is 6.60. The number of aromatic nitrogens is 4. The molecule has 0 saturated carbocycles. The largest absolute Gasteiger partial charge is 0.335 e. The van der Waals surface area contributed by atoms with Gasteiger partial charge in [0.1, 0.15) is 17.7 Å². The van der Waals surface area contributed by atoms with Gasteiger partial charge in [-0.2, -0.15) is 5.10 Å². The van der Waals surface area contributed by atoms with Crippen molar-refractivity contribution in [1.82, 2.24) is 29.5 Å². The highest BCUT2D eigenvalue weighted by Gasteiger charge is 2.45. The van der Waals surface area contributed by atoms with Crippen LogP contribution in [0, 0.1) is 5.92 Å². The van der Waals surface area contributed by atoms with Crippen LogP contribution >= 0.6 is 11.3 Å². The lowest BCUT2D eigenvalue weighted by atomic mass is 9.92. The number of thiazole rings is 1. The molecule has 4 rings (SSSR count). The number of amides is 1. The number of likely N-dealkylation sites (tertiary alicyclic amines) is 2. The molecule has 0 unspecified atom stereocenters. The van der Waals surface area contributed by atoms with Crippen molar-refractivity contribution in [3.8, 4) is 0 Å². The van der Waals surface area contributed by atoms with Crippen LogP contribution in [-0.4, -0.2) is 60.6 Å². The van der Waals surface area contributed by atoms with Crippen LogP contribution in [0.4, 0.5) is 0 Å². The van der Waals surface area contributed by atoms with Crippen LogP contribution in [0.15, 0.2) is 24.2 Å². The molecule has 0 radical (unpaired) electrons. The zero-order chi connectivity index (χ0) is 16.5. The van der Waals surface area contributed by atoms with Gasteiger partial charge in [-0.3, -0.25) is 14.4 Å². The van der Waals surface area contributed by atoms with Crippen LogP contribution in [0.3, 0.4) is 0 Å². The van der Waals surface area contributed by atoms with Crippen LogP contribution in [-0.2, 0) is 17.9 Å². The third-order valence-electron chi connectivity index (χ3n) is 5.17. The lowest BCUT2D eigenvalue weighted by Crippen LogP contribution is -2.48. The number of fused-ring (bicyclic) bond motifs is 1. The van der Waals surface area contributed by atoms with E-state index in [0.717, 1.165) is 39.0 Å². The van der Waals surface area contributed by atoms with Gasteiger partial charge in [0.25, 0.3) is 0 Å². The quantitative estimate of drug-likeness (QED) is 0.833. The molecule has 0 aliphatic carbocycles. The molecule has 2 aliphatic heterocycles. The van der Waals surface area contributed by atoms with E-state index in [-0.39, 0.29) is 11.9 Å². The number of rotatable bonds is 4. The maximum Gasteiger partial charge on any atom is 0.220 e. The molecule has 24 heavy (non-hydrogen) atoms. The Hall–Kier alpha value is -1.80. The summed E-state index contributed by atoms with van der Waals surface area (Å²) < 4.78 is 1.84. The third-order valence-corrected chi connectivity index (χ3v) is 5.94. The first-order valence-corrected chi connectivity index (χ1v) is 9.30. The fraction of sp³-hybridized carbons (Fsp3) is 0.625. The van der Waals surface area contributed by atoms with Gasteiger partial charge in [-0.25, -0.2) is 9.97 Å². The molecule has 8 heteroatoms. The first-order chi connectivity index (χ1) is 11.7. The Morgan fingerprint density at radius 1 is 1.46 bits per heavy atom. The van der Waals surface area contributed by atoms with Gasteiger partial charge < -0.3 is 4.90 Å². The highest BCUT2D eigenvalue weighted by Crippen LogP contribution is 2.36. The number of hydrogen-bond donors (Lipinski definition) is 0. The summed E-state index contributed by atoms with van der Waals surface area (Å²) in [7, 11) is 0. The van der Waals surface area contributed by atoms with Crippen molar-refractivity contribution < 1.29 is 4.79 Å². The molecule has 3 atom stereocenters. The molecule has 128 valence electrons. The van der Waals surface area contributed by atoms with Gasteiger partial charge in [0.15, 0.2) is 0 Å². The normalized spacial score (nSPS) is 27.4. The van der Waals surface area contributed by atoms with E-state index in [1.165, 1.54) is 5.01 Å². The molecular weight excluding hydrogens is 324 g/mol. The van der Waals surface area contributed by atoms with Gasteiger partial charge in [-0.1, -0.05) is 0 Å². The third kappa shape index (κ3) is 3.08. The molecule has 1 amide bonds. The van der Waals surface area contributed by atoms with E-state index in [4.69, 9.17) is 0 Å². The first-order valence-electron chi connectivity index (χ1n) is 8.42. The van der Waals surface area contributed by atoms with E-state index >= 15 is 0 Å². The monoisotopic (exact) mass is 346 g/mol.